The summed E-state index contributed by atoms with van der Waals surface area (Å²) >= 11 is 0. The summed E-state index contributed by atoms with van der Waals surface area (Å²) in [6.07, 6.45) is 5.13. The predicted octanol–water partition coefficient (Wildman–Crippen LogP) is 7.80. The molecule has 6 aromatic rings. The van der Waals surface area contributed by atoms with Crippen molar-refractivity contribution in [2.24, 2.45) is 4.99 Å². The van der Waals surface area contributed by atoms with Crippen LogP contribution in [-0.2, 0) is 6.42 Å². The number of furan rings is 1. The fourth-order valence-corrected chi connectivity index (χ4v) is 5.66. The van der Waals surface area contributed by atoms with Gasteiger partial charge in [0, 0.05) is 38.9 Å². The zero-order chi connectivity index (χ0) is 23.5. The molecule has 2 N–H and O–H groups in total. The van der Waals surface area contributed by atoms with E-state index in [2.05, 4.69) is 95.2 Å². The molecule has 2 aromatic heterocycles. The minimum Gasteiger partial charge on any atom is -0.456 e. The number of aromatic nitrogens is 1. The van der Waals surface area contributed by atoms with Crippen LogP contribution < -0.4 is 5.73 Å². The van der Waals surface area contributed by atoms with E-state index in [1.54, 1.807) is 0 Å². The van der Waals surface area contributed by atoms with E-state index in [0.717, 1.165) is 45.8 Å². The van der Waals surface area contributed by atoms with Crippen LogP contribution in [0.25, 0.3) is 44.5 Å². The highest BCUT2D eigenvalue weighted by Gasteiger charge is 2.26. The number of aliphatic imine (C=N–C) groups is 1. The number of benzene rings is 4. The molecular weight excluding hydrogens is 430 g/mol. The van der Waals surface area contributed by atoms with E-state index in [0.29, 0.717) is 0 Å². The average molecular weight is 454 g/mol. The van der Waals surface area contributed by atoms with Crippen molar-refractivity contribution >= 4 is 56.9 Å². The molecule has 2 heterocycles. The molecule has 1 aliphatic carbocycles. The van der Waals surface area contributed by atoms with E-state index in [1.807, 2.05) is 18.2 Å². The van der Waals surface area contributed by atoms with Crippen LogP contribution in [0, 0.1) is 0 Å². The molecule has 4 heteroatoms. The molecule has 0 spiro atoms. The van der Waals surface area contributed by atoms with Crippen LogP contribution in [-0.4, -0.2) is 11.3 Å². The monoisotopic (exact) mass is 453 g/mol. The molecule has 0 saturated heterocycles. The lowest BCUT2D eigenvalue weighted by molar-refractivity contribution is 0.591. The predicted molar refractivity (Wildman–Crippen MR) is 146 cm³/mol. The molecule has 1 unspecified atom stereocenters. The largest absolute Gasteiger partial charge is 0.456 e. The Balaban J connectivity index is 1.48. The van der Waals surface area contributed by atoms with Crippen molar-refractivity contribution in [1.82, 2.24) is 4.57 Å². The third-order valence-electron chi connectivity index (χ3n) is 7.17. The van der Waals surface area contributed by atoms with Crippen LogP contribution in [0.3, 0.4) is 0 Å². The summed E-state index contributed by atoms with van der Waals surface area (Å²) < 4.78 is 8.49. The Morgan fingerprint density at radius 3 is 2.34 bits per heavy atom. The maximum Gasteiger partial charge on any atom is 0.135 e. The molecule has 0 amide bonds. The lowest BCUT2D eigenvalue weighted by atomic mass is 9.85. The number of anilines is 1. The van der Waals surface area contributed by atoms with Crippen molar-refractivity contribution in [2.45, 2.75) is 12.3 Å². The van der Waals surface area contributed by atoms with Crippen LogP contribution in [0.1, 0.15) is 22.8 Å². The zero-order valence-electron chi connectivity index (χ0n) is 19.1. The van der Waals surface area contributed by atoms with Gasteiger partial charge >= 0.3 is 0 Å². The molecule has 0 radical (unpaired) electrons. The normalized spacial score (nSPS) is 15.1. The number of nitrogen functional groups attached to an aromatic ring is 1. The van der Waals surface area contributed by atoms with Gasteiger partial charge < -0.3 is 14.7 Å². The van der Waals surface area contributed by atoms with E-state index >= 15 is 0 Å². The first kappa shape index (κ1) is 19.9. The second-order valence-corrected chi connectivity index (χ2v) is 9.11. The standard InChI is InChI=1S/C31H23N3O/c1-33-25-9-6-12-28(34-26-10-4-2-7-21(26)22-8-3-5-11-27(22)34)31(25)19-13-15-29-23(17-19)24-18-20(32)14-16-30(24)35-29/h2-16,18-19H,1,17,32H2. The molecule has 0 saturated carbocycles. The molecule has 0 bridgehead atoms. The van der Waals surface area contributed by atoms with Gasteiger partial charge in [-0.05, 0) is 61.7 Å². The highest BCUT2D eigenvalue weighted by molar-refractivity contribution is 6.09. The third kappa shape index (κ3) is 2.90. The average Bonchev–Trinajstić information content (AvgIpc) is 3.43. The molecule has 7 rings (SSSR count). The molecule has 1 atom stereocenters. The van der Waals surface area contributed by atoms with Gasteiger partial charge in [0.25, 0.3) is 0 Å². The van der Waals surface area contributed by atoms with Gasteiger partial charge in [0.05, 0.1) is 22.4 Å². The molecule has 168 valence electrons. The summed E-state index contributed by atoms with van der Waals surface area (Å²) in [4.78, 5) is 4.46. The van der Waals surface area contributed by atoms with E-state index in [4.69, 9.17) is 10.2 Å². The molecular formula is C31H23N3O. The number of hydrogen-bond acceptors (Lipinski definition) is 3. The first-order valence-electron chi connectivity index (χ1n) is 11.8. The van der Waals surface area contributed by atoms with Gasteiger partial charge in [-0.25, -0.2) is 0 Å². The molecule has 4 nitrogen and oxygen atoms in total. The molecule has 0 fully saturated rings. The third-order valence-corrected chi connectivity index (χ3v) is 7.17. The van der Waals surface area contributed by atoms with E-state index in [-0.39, 0.29) is 5.92 Å². The quantitative estimate of drug-likeness (QED) is 0.219. The summed E-state index contributed by atoms with van der Waals surface area (Å²) in [5, 5.41) is 3.56. The Bertz CT molecular complexity index is 1770. The summed E-state index contributed by atoms with van der Waals surface area (Å²) in [6, 6.07) is 29.3. The maximum atomic E-state index is 6.12. The minimum absolute atomic E-state index is 0.112. The topological polar surface area (TPSA) is 56.5 Å². The van der Waals surface area contributed by atoms with Crippen molar-refractivity contribution in [3.8, 4) is 5.69 Å². The first-order valence-corrected chi connectivity index (χ1v) is 11.8. The molecule has 4 aromatic carbocycles. The highest BCUT2D eigenvalue weighted by Crippen LogP contribution is 2.43. The Hall–Kier alpha value is -4.57. The van der Waals surface area contributed by atoms with Gasteiger partial charge in [0.2, 0.25) is 0 Å². The van der Waals surface area contributed by atoms with Crippen LogP contribution in [0.4, 0.5) is 11.4 Å². The lowest BCUT2D eigenvalue weighted by Gasteiger charge is -2.23. The van der Waals surface area contributed by atoms with Crippen molar-refractivity contribution < 1.29 is 4.42 Å². The second-order valence-electron chi connectivity index (χ2n) is 9.11. The zero-order valence-corrected chi connectivity index (χ0v) is 19.1. The van der Waals surface area contributed by atoms with E-state index in [9.17, 15) is 0 Å². The number of nitrogens with zero attached hydrogens (tertiary/aromatic N) is 2. The van der Waals surface area contributed by atoms with Crippen LogP contribution in [0.5, 0.6) is 0 Å². The van der Waals surface area contributed by atoms with Crippen molar-refractivity contribution in [2.75, 3.05) is 5.73 Å². The van der Waals surface area contributed by atoms with Crippen molar-refractivity contribution in [3.63, 3.8) is 0 Å². The second kappa shape index (κ2) is 7.47. The number of fused-ring (bicyclic) bond motifs is 6. The van der Waals surface area contributed by atoms with Gasteiger partial charge in [0.15, 0.2) is 0 Å². The van der Waals surface area contributed by atoms with Crippen molar-refractivity contribution in [1.29, 1.82) is 0 Å². The SMILES string of the molecule is C=Nc1cccc(-n2c3ccccc3c3ccccc32)c1C1C=Cc2oc3ccc(N)cc3c2C1. The van der Waals surface area contributed by atoms with E-state index < -0.39 is 0 Å². The lowest BCUT2D eigenvalue weighted by Crippen LogP contribution is -2.09. The Kier molecular flexibility index (Phi) is 4.24. The van der Waals surface area contributed by atoms with Gasteiger partial charge in [-0.15, -0.1) is 0 Å². The van der Waals surface area contributed by atoms with Gasteiger partial charge in [-0.2, -0.15) is 0 Å². The van der Waals surface area contributed by atoms with Gasteiger partial charge in [0.1, 0.15) is 11.3 Å². The highest BCUT2D eigenvalue weighted by atomic mass is 16.3. The Morgan fingerprint density at radius 1 is 0.857 bits per heavy atom. The van der Waals surface area contributed by atoms with Crippen LogP contribution in [0.15, 0.2) is 100 Å². The number of nitrogens with two attached hydrogens (primary N) is 1. The molecule has 35 heavy (non-hydrogen) atoms. The minimum atomic E-state index is 0.112. The summed E-state index contributed by atoms with van der Waals surface area (Å²) in [5.74, 6) is 1.02. The van der Waals surface area contributed by atoms with Gasteiger partial charge in [-0.3, -0.25) is 4.99 Å². The Morgan fingerprint density at radius 2 is 1.60 bits per heavy atom. The van der Waals surface area contributed by atoms with E-state index in [1.165, 1.54) is 27.4 Å². The number of hydrogen-bond donors (Lipinski definition) is 1. The first-order chi connectivity index (χ1) is 17.2. The smallest absolute Gasteiger partial charge is 0.135 e. The summed E-state index contributed by atoms with van der Waals surface area (Å²) in [7, 11) is 0. The summed E-state index contributed by atoms with van der Waals surface area (Å²) in [6.45, 7) is 3.91. The number of allylic oxidation sites excluding steroid dienone is 1. The van der Waals surface area contributed by atoms with Crippen LogP contribution in [0.2, 0.25) is 0 Å². The fraction of sp³-hybridized carbons (Fsp3) is 0.0645. The number of rotatable bonds is 3. The Labute approximate surface area is 202 Å². The molecule has 1 aliphatic rings. The summed E-state index contributed by atoms with van der Waals surface area (Å²) in [5.41, 5.74) is 14.5. The fourth-order valence-electron chi connectivity index (χ4n) is 5.66. The van der Waals surface area contributed by atoms with Gasteiger partial charge in [-0.1, -0.05) is 48.5 Å². The van der Waals surface area contributed by atoms with Crippen LogP contribution >= 0.6 is 0 Å². The maximum absolute atomic E-state index is 6.12. The van der Waals surface area contributed by atoms with Crippen molar-refractivity contribution in [3.05, 3.63) is 108 Å². The molecule has 0 aliphatic heterocycles. The number of para-hydroxylation sites is 2.